The number of imide groups is 2. The molecule has 0 aromatic carbocycles. The van der Waals surface area contributed by atoms with Crippen molar-refractivity contribution in [1.29, 1.82) is 0 Å². The Morgan fingerprint density at radius 3 is 2.17 bits per heavy atom. The highest BCUT2D eigenvalue weighted by atomic mass is 16.2. The summed E-state index contributed by atoms with van der Waals surface area (Å²) >= 11 is 0. The highest BCUT2D eigenvalue weighted by Crippen LogP contribution is 2.35. The van der Waals surface area contributed by atoms with Crippen LogP contribution in [-0.4, -0.2) is 28.3 Å². The molecule has 1 aliphatic heterocycles. The van der Waals surface area contributed by atoms with Crippen molar-refractivity contribution in [1.82, 2.24) is 10.2 Å². The number of carbonyl (C=O) groups is 3. The summed E-state index contributed by atoms with van der Waals surface area (Å²) in [5.41, 5.74) is -2.25. The topological polar surface area (TPSA) is 66.5 Å². The molecule has 5 nitrogen and oxygen atoms in total. The first-order valence-electron chi connectivity index (χ1n) is 5.94. The average molecular weight is 250 g/mol. The summed E-state index contributed by atoms with van der Waals surface area (Å²) in [7, 11) is 0. The maximum atomic E-state index is 12.5. The van der Waals surface area contributed by atoms with Gasteiger partial charge in [0.1, 0.15) is 11.0 Å². The number of carbonyl (C=O) groups excluding carboxylic acids is 3. The number of hydrogen-bond donors (Lipinski definition) is 1. The molecule has 0 saturated carbocycles. The lowest BCUT2D eigenvalue weighted by molar-refractivity contribution is -0.154. The molecule has 0 spiro atoms. The van der Waals surface area contributed by atoms with Gasteiger partial charge in [0.15, 0.2) is 0 Å². The minimum Gasteiger partial charge on any atom is -0.277 e. The molecular formula is C13H18N2O3. The number of hydrogen-bond acceptors (Lipinski definition) is 3. The van der Waals surface area contributed by atoms with Gasteiger partial charge < -0.3 is 0 Å². The second-order valence-electron chi connectivity index (χ2n) is 4.89. The minimum absolute atomic E-state index is 0.332. The Kier molecular flexibility index (Phi) is 3.52. The number of urea groups is 1. The molecule has 0 atom stereocenters. The molecule has 5 heteroatoms. The molecule has 98 valence electrons. The molecule has 1 rings (SSSR count). The van der Waals surface area contributed by atoms with Crippen molar-refractivity contribution < 1.29 is 14.4 Å². The highest BCUT2D eigenvalue weighted by Gasteiger charge is 2.54. The third-order valence-electron chi connectivity index (χ3n) is 3.59. The third kappa shape index (κ3) is 1.78. The Morgan fingerprint density at radius 1 is 1.28 bits per heavy atom. The minimum atomic E-state index is -1.19. The van der Waals surface area contributed by atoms with E-state index < -0.39 is 28.8 Å². The van der Waals surface area contributed by atoms with Gasteiger partial charge in [-0.25, -0.2) is 9.69 Å². The first-order valence-corrected chi connectivity index (χ1v) is 5.94. The average Bonchev–Trinajstić information content (AvgIpc) is 2.30. The first-order chi connectivity index (χ1) is 8.26. The molecule has 1 fully saturated rings. The largest absolute Gasteiger partial charge is 0.332 e. The van der Waals surface area contributed by atoms with Crippen LogP contribution in [0.3, 0.4) is 0 Å². The fraction of sp³-hybridized carbons (Fsp3) is 0.615. The summed E-state index contributed by atoms with van der Waals surface area (Å²) in [5, 5.41) is 2.22. The van der Waals surface area contributed by atoms with Crippen molar-refractivity contribution in [3.8, 4) is 12.3 Å². The van der Waals surface area contributed by atoms with Crippen molar-refractivity contribution in [2.45, 2.75) is 46.1 Å². The van der Waals surface area contributed by atoms with E-state index in [4.69, 9.17) is 6.42 Å². The molecule has 1 heterocycles. The summed E-state index contributed by atoms with van der Waals surface area (Å²) in [4.78, 5) is 37.2. The van der Waals surface area contributed by atoms with E-state index in [-0.39, 0.29) is 0 Å². The molecule has 0 aliphatic carbocycles. The van der Waals surface area contributed by atoms with E-state index in [0.29, 0.717) is 12.8 Å². The molecule has 0 aromatic rings. The molecular weight excluding hydrogens is 232 g/mol. The lowest BCUT2D eigenvalue weighted by Crippen LogP contribution is -2.68. The monoisotopic (exact) mass is 250 g/mol. The Labute approximate surface area is 107 Å². The number of barbiturate groups is 1. The van der Waals surface area contributed by atoms with Crippen LogP contribution < -0.4 is 5.32 Å². The second-order valence-corrected chi connectivity index (χ2v) is 4.89. The maximum absolute atomic E-state index is 12.5. The standard InChI is InChI=1S/C13H18N2O3/c1-6-12(4,5)15-10(17)13(7-2,8-3)9(16)14-11(15)18/h1H,7-8H2,2-5H3,(H,14,16,18). The van der Waals surface area contributed by atoms with Crippen LogP contribution in [0.25, 0.3) is 0 Å². The highest BCUT2D eigenvalue weighted by molar-refractivity contribution is 6.19. The molecule has 1 aliphatic rings. The van der Waals surface area contributed by atoms with Gasteiger partial charge >= 0.3 is 6.03 Å². The number of nitrogens with zero attached hydrogens (tertiary/aromatic N) is 1. The van der Waals surface area contributed by atoms with E-state index in [1.807, 2.05) is 0 Å². The van der Waals surface area contributed by atoms with Crippen LogP contribution >= 0.6 is 0 Å². The van der Waals surface area contributed by atoms with Gasteiger partial charge in [0.25, 0.3) is 0 Å². The van der Waals surface area contributed by atoms with E-state index >= 15 is 0 Å². The third-order valence-corrected chi connectivity index (χ3v) is 3.59. The lowest BCUT2D eigenvalue weighted by atomic mass is 9.77. The van der Waals surface area contributed by atoms with E-state index in [1.165, 1.54) is 0 Å². The van der Waals surface area contributed by atoms with Crippen LogP contribution in [0.4, 0.5) is 4.79 Å². The van der Waals surface area contributed by atoms with Crippen molar-refractivity contribution in [2.75, 3.05) is 0 Å². The predicted molar refractivity (Wildman–Crippen MR) is 66.3 cm³/mol. The van der Waals surface area contributed by atoms with Crippen LogP contribution in [0.5, 0.6) is 0 Å². The summed E-state index contributed by atoms with van der Waals surface area (Å²) < 4.78 is 0. The smallest absolute Gasteiger partial charge is 0.277 e. The van der Waals surface area contributed by atoms with Gasteiger partial charge in [-0.1, -0.05) is 19.8 Å². The molecule has 18 heavy (non-hydrogen) atoms. The number of rotatable bonds is 3. The Morgan fingerprint density at radius 2 is 1.78 bits per heavy atom. The van der Waals surface area contributed by atoms with Gasteiger partial charge in [-0.05, 0) is 26.7 Å². The molecule has 0 radical (unpaired) electrons. The van der Waals surface area contributed by atoms with E-state index in [1.54, 1.807) is 27.7 Å². The van der Waals surface area contributed by atoms with Crippen LogP contribution in [0.1, 0.15) is 40.5 Å². The predicted octanol–water partition coefficient (Wildman–Crippen LogP) is 1.28. The van der Waals surface area contributed by atoms with Gasteiger partial charge in [0.05, 0.1) is 0 Å². The molecule has 0 unspecified atom stereocenters. The normalized spacial score (nSPS) is 19.5. The molecule has 0 aromatic heterocycles. The zero-order valence-electron chi connectivity index (χ0n) is 11.2. The Balaban J connectivity index is 3.32. The lowest BCUT2D eigenvalue weighted by Gasteiger charge is -2.43. The van der Waals surface area contributed by atoms with Gasteiger partial charge in [-0.2, -0.15) is 0 Å². The van der Waals surface area contributed by atoms with Crippen molar-refractivity contribution in [3.63, 3.8) is 0 Å². The summed E-state index contributed by atoms with van der Waals surface area (Å²) in [6.45, 7) is 6.68. The zero-order valence-corrected chi connectivity index (χ0v) is 11.2. The Hall–Kier alpha value is -1.83. The summed E-state index contributed by atoms with van der Waals surface area (Å²) in [5.74, 6) is 1.36. The van der Waals surface area contributed by atoms with Gasteiger partial charge in [0.2, 0.25) is 11.8 Å². The Bertz CT molecular complexity index is 442. The summed E-state index contributed by atoms with van der Waals surface area (Å²) in [6, 6.07) is -0.745. The summed E-state index contributed by atoms with van der Waals surface area (Å²) in [6.07, 6.45) is 6.02. The van der Waals surface area contributed by atoms with E-state index in [0.717, 1.165) is 4.90 Å². The molecule has 0 bridgehead atoms. The first kappa shape index (κ1) is 14.2. The van der Waals surface area contributed by atoms with Crippen LogP contribution in [0, 0.1) is 17.8 Å². The van der Waals surface area contributed by atoms with E-state index in [2.05, 4.69) is 11.2 Å². The molecule has 1 N–H and O–H groups in total. The van der Waals surface area contributed by atoms with Gasteiger partial charge in [0, 0.05) is 0 Å². The van der Waals surface area contributed by atoms with Crippen molar-refractivity contribution in [2.24, 2.45) is 5.41 Å². The second kappa shape index (κ2) is 4.45. The van der Waals surface area contributed by atoms with Gasteiger partial charge in [-0.3, -0.25) is 14.9 Å². The quantitative estimate of drug-likeness (QED) is 0.606. The SMILES string of the molecule is C#CC(C)(C)N1C(=O)NC(=O)C(CC)(CC)C1=O. The number of nitrogens with one attached hydrogen (secondary N) is 1. The number of terminal acetylenes is 1. The van der Waals surface area contributed by atoms with Crippen molar-refractivity contribution >= 4 is 17.8 Å². The fourth-order valence-electron chi connectivity index (χ4n) is 2.12. The van der Waals surface area contributed by atoms with Crippen LogP contribution in [0.2, 0.25) is 0 Å². The van der Waals surface area contributed by atoms with Crippen LogP contribution in [0.15, 0.2) is 0 Å². The van der Waals surface area contributed by atoms with Crippen LogP contribution in [-0.2, 0) is 9.59 Å². The number of amides is 4. The van der Waals surface area contributed by atoms with E-state index in [9.17, 15) is 14.4 Å². The fourth-order valence-corrected chi connectivity index (χ4v) is 2.12. The molecule has 4 amide bonds. The maximum Gasteiger partial charge on any atom is 0.332 e. The molecule has 1 saturated heterocycles. The van der Waals surface area contributed by atoms with Gasteiger partial charge in [-0.15, -0.1) is 6.42 Å². The van der Waals surface area contributed by atoms with Crippen molar-refractivity contribution in [3.05, 3.63) is 0 Å². The zero-order chi connectivity index (χ0) is 14.1.